The number of carbonyl (C=O) groups excluding carboxylic acids is 1. The predicted octanol–water partition coefficient (Wildman–Crippen LogP) is 2.01. The van der Waals surface area contributed by atoms with E-state index in [2.05, 4.69) is 15.4 Å². The Morgan fingerprint density at radius 1 is 1.46 bits per heavy atom. The molecular weight excluding hydrogens is 306 g/mol. The molecular formula is C17H23N5O2. The number of nitrogens with one attached hydrogen (secondary N) is 1. The molecule has 0 saturated carbocycles. The molecule has 1 fully saturated rings. The summed E-state index contributed by atoms with van der Waals surface area (Å²) in [6.45, 7) is 4.22. The first-order valence-corrected chi connectivity index (χ1v) is 8.18. The Labute approximate surface area is 141 Å². The molecule has 1 aromatic heterocycles. The molecule has 1 saturated heterocycles. The number of amides is 2. The maximum atomic E-state index is 12.3. The number of hydrogen-bond acceptors (Lipinski definition) is 4. The Morgan fingerprint density at radius 3 is 2.88 bits per heavy atom. The van der Waals surface area contributed by atoms with E-state index in [1.54, 1.807) is 15.9 Å². The van der Waals surface area contributed by atoms with Gasteiger partial charge >= 0.3 is 6.03 Å². The van der Waals surface area contributed by atoms with Crippen molar-refractivity contribution >= 4 is 6.03 Å². The SMILES string of the molecule is C[C@H](c1ccc(-n2cncn2)cc1)N(C)C(=O)NC[C@@H]1CCOC1. The molecule has 24 heavy (non-hydrogen) atoms. The number of nitrogens with zero attached hydrogens (tertiary/aromatic N) is 4. The Kier molecular flexibility index (Phi) is 5.10. The van der Waals surface area contributed by atoms with Gasteiger partial charge in [-0.15, -0.1) is 0 Å². The molecule has 2 amide bonds. The minimum Gasteiger partial charge on any atom is -0.381 e. The van der Waals surface area contributed by atoms with Gasteiger partial charge in [-0.2, -0.15) is 5.10 Å². The van der Waals surface area contributed by atoms with Crippen molar-refractivity contribution in [3.8, 4) is 5.69 Å². The van der Waals surface area contributed by atoms with Crippen molar-refractivity contribution in [2.45, 2.75) is 19.4 Å². The first kappa shape index (κ1) is 16.4. The van der Waals surface area contributed by atoms with E-state index in [0.29, 0.717) is 12.5 Å². The lowest BCUT2D eigenvalue weighted by Gasteiger charge is -2.26. The second-order valence-electron chi connectivity index (χ2n) is 6.13. The third-order valence-corrected chi connectivity index (χ3v) is 4.53. The van der Waals surface area contributed by atoms with E-state index < -0.39 is 0 Å². The fourth-order valence-corrected chi connectivity index (χ4v) is 2.75. The topological polar surface area (TPSA) is 72.3 Å². The van der Waals surface area contributed by atoms with Crippen molar-refractivity contribution in [1.29, 1.82) is 0 Å². The molecule has 0 unspecified atom stereocenters. The van der Waals surface area contributed by atoms with Gasteiger partial charge in [0.05, 0.1) is 18.3 Å². The van der Waals surface area contributed by atoms with Crippen LogP contribution in [0.3, 0.4) is 0 Å². The van der Waals surface area contributed by atoms with Gasteiger partial charge in [0.15, 0.2) is 0 Å². The Balaban J connectivity index is 1.57. The van der Waals surface area contributed by atoms with Gasteiger partial charge in [0.2, 0.25) is 0 Å². The summed E-state index contributed by atoms with van der Waals surface area (Å²) in [5, 5.41) is 7.10. The molecule has 1 aliphatic rings. The molecule has 2 aromatic rings. The van der Waals surface area contributed by atoms with E-state index in [-0.39, 0.29) is 12.1 Å². The van der Waals surface area contributed by atoms with Gasteiger partial charge in [-0.3, -0.25) is 0 Å². The highest BCUT2D eigenvalue weighted by Crippen LogP contribution is 2.20. The summed E-state index contributed by atoms with van der Waals surface area (Å²) in [6.07, 6.45) is 4.18. The maximum Gasteiger partial charge on any atom is 0.317 e. The first-order valence-electron chi connectivity index (χ1n) is 8.18. The Hall–Kier alpha value is -2.41. The molecule has 0 radical (unpaired) electrons. The summed E-state index contributed by atoms with van der Waals surface area (Å²) < 4.78 is 7.03. The fraction of sp³-hybridized carbons (Fsp3) is 0.471. The summed E-state index contributed by atoms with van der Waals surface area (Å²) in [4.78, 5) is 18.0. The zero-order chi connectivity index (χ0) is 16.9. The van der Waals surface area contributed by atoms with Crippen LogP contribution in [-0.4, -0.2) is 52.5 Å². The minimum atomic E-state index is -0.0604. The van der Waals surface area contributed by atoms with Gasteiger partial charge in [-0.25, -0.2) is 14.5 Å². The van der Waals surface area contributed by atoms with Gasteiger partial charge in [-0.05, 0) is 31.0 Å². The third-order valence-electron chi connectivity index (χ3n) is 4.53. The lowest BCUT2D eigenvalue weighted by atomic mass is 10.1. The molecule has 1 aromatic carbocycles. The molecule has 7 nitrogen and oxygen atoms in total. The summed E-state index contributed by atoms with van der Waals surface area (Å²) >= 11 is 0. The molecule has 128 valence electrons. The Morgan fingerprint density at radius 2 is 2.25 bits per heavy atom. The van der Waals surface area contributed by atoms with E-state index in [9.17, 15) is 4.79 Å². The van der Waals surface area contributed by atoms with E-state index >= 15 is 0 Å². The molecule has 1 N–H and O–H groups in total. The summed E-state index contributed by atoms with van der Waals surface area (Å²) in [6, 6.07) is 7.89. The van der Waals surface area contributed by atoms with Gasteiger partial charge in [0.1, 0.15) is 12.7 Å². The molecule has 1 aliphatic heterocycles. The average molecular weight is 329 g/mol. The number of hydrogen-bond donors (Lipinski definition) is 1. The number of urea groups is 1. The van der Waals surface area contributed by atoms with Crippen molar-refractivity contribution in [2.24, 2.45) is 5.92 Å². The summed E-state index contributed by atoms with van der Waals surface area (Å²) in [5.41, 5.74) is 2.01. The van der Waals surface area contributed by atoms with Crippen LogP contribution < -0.4 is 5.32 Å². The third kappa shape index (κ3) is 3.73. The van der Waals surface area contributed by atoms with E-state index in [1.807, 2.05) is 38.2 Å². The summed E-state index contributed by atoms with van der Waals surface area (Å²) in [7, 11) is 1.82. The van der Waals surface area contributed by atoms with Gasteiger partial charge < -0.3 is 15.0 Å². The second kappa shape index (κ2) is 7.44. The minimum absolute atomic E-state index is 0.0189. The molecule has 2 heterocycles. The second-order valence-corrected chi connectivity index (χ2v) is 6.13. The summed E-state index contributed by atoms with van der Waals surface area (Å²) in [5.74, 6) is 0.430. The highest BCUT2D eigenvalue weighted by Gasteiger charge is 2.20. The molecule has 2 atom stereocenters. The van der Waals surface area contributed by atoms with Crippen LogP contribution in [0, 0.1) is 5.92 Å². The van der Waals surface area contributed by atoms with Crippen LogP contribution >= 0.6 is 0 Å². The standard InChI is InChI=1S/C17H23N5O2/c1-13(21(2)17(23)19-9-14-7-8-24-10-14)15-3-5-16(6-4-15)22-12-18-11-20-22/h3-6,11-14H,7-10H2,1-2H3,(H,19,23)/t13-,14+/m1/s1. The highest BCUT2D eigenvalue weighted by molar-refractivity contribution is 5.74. The fourth-order valence-electron chi connectivity index (χ4n) is 2.75. The van der Waals surface area contributed by atoms with Crippen LogP contribution in [-0.2, 0) is 4.74 Å². The van der Waals surface area contributed by atoms with Crippen LogP contribution in [0.15, 0.2) is 36.9 Å². The van der Waals surface area contributed by atoms with Crippen LogP contribution in [0.2, 0.25) is 0 Å². The number of ether oxygens (including phenoxy) is 1. The van der Waals surface area contributed by atoms with E-state index in [0.717, 1.165) is 30.9 Å². The van der Waals surface area contributed by atoms with Crippen LogP contribution in [0.1, 0.15) is 24.9 Å². The number of aromatic nitrogens is 3. The van der Waals surface area contributed by atoms with Gasteiger partial charge in [0.25, 0.3) is 0 Å². The maximum absolute atomic E-state index is 12.3. The van der Waals surface area contributed by atoms with Gasteiger partial charge in [-0.1, -0.05) is 12.1 Å². The zero-order valence-electron chi connectivity index (χ0n) is 14.1. The van der Waals surface area contributed by atoms with Gasteiger partial charge in [0, 0.05) is 26.1 Å². The monoisotopic (exact) mass is 329 g/mol. The zero-order valence-corrected chi connectivity index (χ0v) is 14.1. The highest BCUT2D eigenvalue weighted by atomic mass is 16.5. The number of rotatable bonds is 5. The lowest BCUT2D eigenvalue weighted by molar-refractivity contribution is 0.179. The smallest absolute Gasteiger partial charge is 0.317 e. The first-order chi connectivity index (χ1) is 11.6. The normalized spacial score (nSPS) is 18.3. The van der Waals surface area contributed by atoms with Crippen LogP contribution in [0.25, 0.3) is 5.69 Å². The largest absolute Gasteiger partial charge is 0.381 e. The number of benzene rings is 1. The number of carbonyl (C=O) groups is 1. The van der Waals surface area contributed by atoms with Crippen LogP contribution in [0.4, 0.5) is 4.79 Å². The van der Waals surface area contributed by atoms with E-state index in [4.69, 9.17) is 4.74 Å². The molecule has 0 bridgehead atoms. The van der Waals surface area contributed by atoms with Crippen molar-refractivity contribution in [2.75, 3.05) is 26.8 Å². The molecule has 0 spiro atoms. The Bertz CT molecular complexity index is 650. The quantitative estimate of drug-likeness (QED) is 0.911. The predicted molar refractivity (Wildman–Crippen MR) is 89.9 cm³/mol. The molecule has 0 aliphatic carbocycles. The lowest BCUT2D eigenvalue weighted by Crippen LogP contribution is -2.40. The van der Waals surface area contributed by atoms with Crippen molar-refractivity contribution in [3.63, 3.8) is 0 Å². The van der Waals surface area contributed by atoms with Crippen LogP contribution in [0.5, 0.6) is 0 Å². The average Bonchev–Trinajstić information content (AvgIpc) is 3.32. The van der Waals surface area contributed by atoms with Crippen molar-refractivity contribution < 1.29 is 9.53 Å². The molecule has 3 rings (SSSR count). The molecule has 7 heteroatoms. The van der Waals surface area contributed by atoms with Crippen molar-refractivity contribution in [3.05, 3.63) is 42.5 Å². The van der Waals surface area contributed by atoms with Crippen molar-refractivity contribution in [1.82, 2.24) is 25.0 Å². The van der Waals surface area contributed by atoms with E-state index in [1.165, 1.54) is 6.33 Å².